The minimum atomic E-state index is 0.955. The molecule has 0 spiro atoms. The lowest BCUT2D eigenvalue weighted by atomic mass is 9.84. The summed E-state index contributed by atoms with van der Waals surface area (Å²) in [6.07, 6.45) is 5.71. The van der Waals surface area contributed by atoms with Gasteiger partial charge in [-0.3, -0.25) is 0 Å². The van der Waals surface area contributed by atoms with Gasteiger partial charge in [0.25, 0.3) is 0 Å². The van der Waals surface area contributed by atoms with Crippen molar-refractivity contribution in [2.75, 3.05) is 0 Å². The highest BCUT2D eigenvalue weighted by atomic mass is 14.5. The minimum absolute atomic E-state index is 0.955. The van der Waals surface area contributed by atoms with Crippen LogP contribution in [0.25, 0.3) is 0 Å². The van der Waals surface area contributed by atoms with Gasteiger partial charge in [-0.2, -0.15) is 0 Å². The maximum Gasteiger partial charge on any atom is -0.0352 e. The largest absolute Gasteiger partial charge is 0.0651 e. The zero-order valence-corrected chi connectivity index (χ0v) is 9.14. The molecule has 0 radical (unpaired) electrons. The van der Waals surface area contributed by atoms with E-state index in [-0.39, 0.29) is 0 Å². The minimum Gasteiger partial charge on any atom is -0.0651 e. The van der Waals surface area contributed by atoms with E-state index in [9.17, 15) is 0 Å². The summed E-state index contributed by atoms with van der Waals surface area (Å²) >= 11 is 0. The molecule has 1 rings (SSSR count). The van der Waals surface area contributed by atoms with Crippen molar-refractivity contribution in [3.63, 3.8) is 0 Å². The van der Waals surface area contributed by atoms with Crippen LogP contribution in [0.3, 0.4) is 0 Å². The SMILES string of the molecule is CCC(C)C(CC)C1CC1CC. The van der Waals surface area contributed by atoms with Crippen LogP contribution < -0.4 is 0 Å². The van der Waals surface area contributed by atoms with Crippen molar-refractivity contribution in [3.05, 3.63) is 0 Å². The van der Waals surface area contributed by atoms with Crippen LogP contribution in [0.2, 0.25) is 0 Å². The average molecular weight is 168 g/mol. The Morgan fingerprint density at radius 1 is 1.17 bits per heavy atom. The number of rotatable bonds is 5. The fourth-order valence-corrected chi connectivity index (χ4v) is 2.69. The van der Waals surface area contributed by atoms with Crippen LogP contribution in [0.4, 0.5) is 0 Å². The number of hydrogen-bond donors (Lipinski definition) is 0. The molecule has 0 heterocycles. The summed E-state index contributed by atoms with van der Waals surface area (Å²) in [5.41, 5.74) is 0. The monoisotopic (exact) mass is 168 g/mol. The van der Waals surface area contributed by atoms with E-state index in [1.54, 1.807) is 0 Å². The van der Waals surface area contributed by atoms with Gasteiger partial charge in [-0.1, -0.05) is 47.0 Å². The van der Waals surface area contributed by atoms with E-state index in [0.717, 1.165) is 23.7 Å². The summed E-state index contributed by atoms with van der Waals surface area (Å²) < 4.78 is 0. The Kier molecular flexibility index (Phi) is 3.61. The molecule has 4 unspecified atom stereocenters. The Morgan fingerprint density at radius 3 is 2.17 bits per heavy atom. The summed E-state index contributed by atoms with van der Waals surface area (Å²) in [6.45, 7) is 9.46. The second-order valence-electron chi connectivity index (χ2n) is 4.53. The zero-order valence-electron chi connectivity index (χ0n) is 9.14. The van der Waals surface area contributed by atoms with Gasteiger partial charge in [-0.15, -0.1) is 0 Å². The Morgan fingerprint density at radius 2 is 1.83 bits per heavy atom. The van der Waals surface area contributed by atoms with E-state index in [0.29, 0.717) is 0 Å². The molecule has 0 aromatic carbocycles. The summed E-state index contributed by atoms with van der Waals surface area (Å²) in [6, 6.07) is 0. The first-order valence-electron chi connectivity index (χ1n) is 5.74. The van der Waals surface area contributed by atoms with Crippen LogP contribution in [0, 0.1) is 23.7 Å². The van der Waals surface area contributed by atoms with Gasteiger partial charge in [-0.05, 0) is 30.1 Å². The van der Waals surface area contributed by atoms with Crippen molar-refractivity contribution in [3.8, 4) is 0 Å². The van der Waals surface area contributed by atoms with Crippen LogP contribution in [0.5, 0.6) is 0 Å². The molecule has 0 heteroatoms. The molecule has 1 saturated carbocycles. The maximum atomic E-state index is 2.43. The van der Waals surface area contributed by atoms with Crippen molar-refractivity contribution in [1.82, 2.24) is 0 Å². The molecule has 0 saturated heterocycles. The van der Waals surface area contributed by atoms with Crippen LogP contribution in [0.1, 0.15) is 53.4 Å². The third-order valence-corrected chi connectivity index (χ3v) is 3.90. The molecule has 1 aliphatic carbocycles. The fourth-order valence-electron chi connectivity index (χ4n) is 2.69. The van der Waals surface area contributed by atoms with Crippen molar-refractivity contribution in [2.24, 2.45) is 23.7 Å². The second kappa shape index (κ2) is 4.30. The van der Waals surface area contributed by atoms with Gasteiger partial charge in [0.05, 0.1) is 0 Å². The fraction of sp³-hybridized carbons (Fsp3) is 1.00. The molecule has 0 amide bonds. The molecular formula is C12H24. The maximum absolute atomic E-state index is 2.43. The van der Waals surface area contributed by atoms with E-state index >= 15 is 0 Å². The van der Waals surface area contributed by atoms with E-state index in [2.05, 4.69) is 27.7 Å². The van der Waals surface area contributed by atoms with E-state index in [1.165, 1.54) is 25.7 Å². The van der Waals surface area contributed by atoms with Gasteiger partial charge < -0.3 is 0 Å². The first-order valence-corrected chi connectivity index (χ1v) is 5.74. The quantitative estimate of drug-likeness (QED) is 0.579. The summed E-state index contributed by atoms with van der Waals surface area (Å²) in [7, 11) is 0. The van der Waals surface area contributed by atoms with Gasteiger partial charge in [0.2, 0.25) is 0 Å². The van der Waals surface area contributed by atoms with E-state index in [4.69, 9.17) is 0 Å². The van der Waals surface area contributed by atoms with Crippen LogP contribution in [-0.2, 0) is 0 Å². The number of hydrogen-bond acceptors (Lipinski definition) is 0. The molecule has 72 valence electrons. The lowest BCUT2D eigenvalue weighted by Gasteiger charge is -2.21. The van der Waals surface area contributed by atoms with Gasteiger partial charge in [0.1, 0.15) is 0 Å². The standard InChI is InChI=1S/C12H24/c1-5-9(4)11(7-3)12-8-10(12)6-2/h9-12H,5-8H2,1-4H3. The Hall–Kier alpha value is 0. The summed E-state index contributed by atoms with van der Waals surface area (Å²) in [4.78, 5) is 0. The molecule has 0 bridgehead atoms. The van der Waals surface area contributed by atoms with E-state index in [1.807, 2.05) is 0 Å². The Bertz CT molecular complexity index is 128. The lowest BCUT2D eigenvalue weighted by molar-refractivity contribution is 0.286. The first-order chi connectivity index (χ1) is 5.74. The highest BCUT2D eigenvalue weighted by Crippen LogP contribution is 2.50. The normalized spacial score (nSPS) is 33.0. The smallest absolute Gasteiger partial charge is 0.0352 e. The predicted octanol–water partition coefficient (Wildman–Crippen LogP) is 4.10. The molecule has 0 aromatic rings. The van der Waals surface area contributed by atoms with Gasteiger partial charge in [0.15, 0.2) is 0 Å². The second-order valence-corrected chi connectivity index (χ2v) is 4.53. The molecule has 1 aliphatic rings. The summed E-state index contributed by atoms with van der Waals surface area (Å²) in [5, 5.41) is 0. The molecule has 0 aromatic heterocycles. The van der Waals surface area contributed by atoms with Gasteiger partial charge >= 0.3 is 0 Å². The van der Waals surface area contributed by atoms with Crippen molar-refractivity contribution >= 4 is 0 Å². The first kappa shape index (κ1) is 10.1. The third-order valence-electron chi connectivity index (χ3n) is 3.90. The lowest BCUT2D eigenvalue weighted by Crippen LogP contribution is -2.13. The molecule has 0 N–H and O–H groups in total. The Labute approximate surface area is 77.7 Å². The van der Waals surface area contributed by atoms with Crippen LogP contribution in [0.15, 0.2) is 0 Å². The zero-order chi connectivity index (χ0) is 9.14. The topological polar surface area (TPSA) is 0 Å². The predicted molar refractivity (Wildman–Crippen MR) is 55.1 cm³/mol. The van der Waals surface area contributed by atoms with E-state index < -0.39 is 0 Å². The van der Waals surface area contributed by atoms with Crippen LogP contribution >= 0.6 is 0 Å². The van der Waals surface area contributed by atoms with Crippen molar-refractivity contribution in [2.45, 2.75) is 53.4 Å². The molecule has 0 nitrogen and oxygen atoms in total. The molecule has 1 fully saturated rings. The molecule has 4 atom stereocenters. The van der Waals surface area contributed by atoms with Crippen LogP contribution in [-0.4, -0.2) is 0 Å². The highest BCUT2D eigenvalue weighted by molar-refractivity contribution is 4.91. The molecular weight excluding hydrogens is 144 g/mol. The molecule has 0 aliphatic heterocycles. The Balaban J connectivity index is 2.36. The highest BCUT2D eigenvalue weighted by Gasteiger charge is 2.41. The third kappa shape index (κ3) is 2.02. The molecule has 12 heavy (non-hydrogen) atoms. The van der Waals surface area contributed by atoms with Crippen molar-refractivity contribution in [1.29, 1.82) is 0 Å². The average Bonchev–Trinajstić information content (AvgIpc) is 2.85. The summed E-state index contributed by atoms with van der Waals surface area (Å²) in [5.74, 6) is 4.16. The van der Waals surface area contributed by atoms with Gasteiger partial charge in [-0.25, -0.2) is 0 Å². The van der Waals surface area contributed by atoms with Gasteiger partial charge in [0, 0.05) is 0 Å². The van der Waals surface area contributed by atoms with Crippen molar-refractivity contribution < 1.29 is 0 Å².